The fourth-order valence-electron chi connectivity index (χ4n) is 1.97. The Hall–Kier alpha value is -3.22. The van der Waals surface area contributed by atoms with E-state index in [-0.39, 0.29) is 0 Å². The van der Waals surface area contributed by atoms with Gasteiger partial charge in [0.25, 0.3) is 0 Å². The van der Waals surface area contributed by atoms with E-state index >= 15 is 0 Å². The number of benzene rings is 1. The van der Waals surface area contributed by atoms with E-state index in [9.17, 15) is 9.59 Å². The van der Waals surface area contributed by atoms with Crippen molar-refractivity contribution in [3.63, 3.8) is 0 Å². The number of rotatable bonds is 7. The van der Waals surface area contributed by atoms with E-state index in [1.54, 1.807) is 19.2 Å². The third-order valence-corrected chi connectivity index (χ3v) is 3.17. The molecule has 7 heteroatoms. The summed E-state index contributed by atoms with van der Waals surface area (Å²) in [6, 6.07) is 11.0. The number of carboxylic acid groups (broad SMARTS) is 2. The first kappa shape index (κ1) is 16.2. The largest absolute Gasteiger partial charge is 0.497 e. The molecule has 0 atom stereocenters. The molecule has 0 saturated heterocycles. The van der Waals surface area contributed by atoms with Gasteiger partial charge in [-0.05, 0) is 29.8 Å². The summed E-state index contributed by atoms with van der Waals surface area (Å²) >= 11 is 0. The van der Waals surface area contributed by atoms with E-state index in [4.69, 9.17) is 14.9 Å². The third kappa shape index (κ3) is 4.13. The van der Waals surface area contributed by atoms with E-state index < -0.39 is 17.5 Å². The van der Waals surface area contributed by atoms with Crippen LogP contribution in [0.15, 0.2) is 54.4 Å². The molecule has 0 spiro atoms. The number of carboxylic acids is 2. The van der Waals surface area contributed by atoms with E-state index in [0.29, 0.717) is 12.4 Å². The molecule has 23 heavy (non-hydrogen) atoms. The second-order valence-electron chi connectivity index (χ2n) is 4.68. The molecule has 120 valence electrons. The van der Waals surface area contributed by atoms with E-state index in [1.807, 2.05) is 35.0 Å². The van der Waals surface area contributed by atoms with Crippen LogP contribution in [0, 0.1) is 0 Å². The van der Waals surface area contributed by atoms with Crippen LogP contribution >= 0.6 is 0 Å². The summed E-state index contributed by atoms with van der Waals surface area (Å²) in [6.07, 6.45) is 2.77. The van der Waals surface area contributed by atoms with E-state index in [2.05, 4.69) is 5.32 Å². The fourth-order valence-corrected chi connectivity index (χ4v) is 1.97. The number of carbonyl (C=O) groups is 2. The van der Waals surface area contributed by atoms with Crippen LogP contribution in [0.5, 0.6) is 5.75 Å². The topological polar surface area (TPSA) is 101 Å². The van der Waals surface area contributed by atoms with Gasteiger partial charge in [0.1, 0.15) is 11.6 Å². The van der Waals surface area contributed by atoms with Gasteiger partial charge in [-0.2, -0.15) is 0 Å². The third-order valence-electron chi connectivity index (χ3n) is 3.17. The van der Waals surface area contributed by atoms with Crippen molar-refractivity contribution in [3.05, 3.63) is 59.9 Å². The zero-order chi connectivity index (χ0) is 16.8. The molecule has 1 aromatic heterocycles. The molecular weight excluding hydrogens is 300 g/mol. The van der Waals surface area contributed by atoms with E-state index in [0.717, 1.165) is 17.5 Å². The molecule has 1 aromatic carbocycles. The minimum atomic E-state index is -1.50. The molecule has 0 bridgehead atoms. The Balaban J connectivity index is 2.14. The van der Waals surface area contributed by atoms with Crippen molar-refractivity contribution < 1.29 is 24.5 Å². The highest BCUT2D eigenvalue weighted by molar-refractivity contribution is 6.12. The maximum atomic E-state index is 10.8. The lowest BCUT2D eigenvalue weighted by Crippen LogP contribution is -2.13. The van der Waals surface area contributed by atoms with Gasteiger partial charge in [-0.15, -0.1) is 0 Å². The summed E-state index contributed by atoms with van der Waals surface area (Å²) in [5.74, 6) is -1.66. The quantitative estimate of drug-likeness (QED) is 0.410. The number of nitrogens with zero attached hydrogens (tertiary/aromatic N) is 1. The van der Waals surface area contributed by atoms with Gasteiger partial charge in [-0.25, -0.2) is 9.59 Å². The standard InChI is InChI=1S/C16H16N2O5/c1-23-12-6-4-11(5-7-12)10-18-8-2-3-14(18)17-9-13(15(19)20)16(21)22/h2-9,17H,10H2,1H3,(H,19,20)(H,21,22). The Morgan fingerprint density at radius 3 is 2.39 bits per heavy atom. The Morgan fingerprint density at radius 1 is 1.17 bits per heavy atom. The van der Waals surface area contributed by atoms with Gasteiger partial charge < -0.3 is 24.8 Å². The van der Waals surface area contributed by atoms with Crippen molar-refractivity contribution in [3.8, 4) is 5.75 Å². The summed E-state index contributed by atoms with van der Waals surface area (Å²) in [5.41, 5.74) is 0.285. The number of methoxy groups -OCH3 is 1. The highest BCUT2D eigenvalue weighted by atomic mass is 16.5. The lowest BCUT2D eigenvalue weighted by Gasteiger charge is -2.10. The first-order valence-corrected chi connectivity index (χ1v) is 6.72. The van der Waals surface area contributed by atoms with Crippen molar-refractivity contribution in [1.29, 1.82) is 0 Å². The van der Waals surface area contributed by atoms with Crippen molar-refractivity contribution in [1.82, 2.24) is 4.57 Å². The molecule has 0 saturated carbocycles. The normalized spacial score (nSPS) is 9.96. The van der Waals surface area contributed by atoms with Crippen molar-refractivity contribution in [2.24, 2.45) is 0 Å². The first-order chi connectivity index (χ1) is 11.0. The van der Waals surface area contributed by atoms with Crippen LogP contribution in [-0.2, 0) is 16.1 Å². The lowest BCUT2D eigenvalue weighted by molar-refractivity contribution is -0.140. The average Bonchev–Trinajstić information content (AvgIpc) is 2.95. The summed E-state index contributed by atoms with van der Waals surface area (Å²) < 4.78 is 6.93. The lowest BCUT2D eigenvalue weighted by atomic mass is 10.2. The molecule has 3 N–H and O–H groups in total. The van der Waals surface area contributed by atoms with E-state index in [1.165, 1.54) is 0 Å². The minimum Gasteiger partial charge on any atom is -0.497 e. The second-order valence-corrected chi connectivity index (χ2v) is 4.68. The van der Waals surface area contributed by atoms with Crippen molar-refractivity contribution >= 4 is 17.8 Å². The maximum Gasteiger partial charge on any atom is 0.344 e. The first-order valence-electron chi connectivity index (χ1n) is 6.72. The maximum absolute atomic E-state index is 10.8. The van der Waals surface area contributed by atoms with Crippen LogP contribution in [-0.4, -0.2) is 33.8 Å². The predicted molar refractivity (Wildman–Crippen MR) is 83.5 cm³/mol. The average molecular weight is 316 g/mol. The van der Waals surface area contributed by atoms with Crippen LogP contribution in [0.25, 0.3) is 0 Å². The van der Waals surface area contributed by atoms with Gasteiger partial charge in [-0.1, -0.05) is 12.1 Å². The van der Waals surface area contributed by atoms with Gasteiger partial charge in [0, 0.05) is 18.9 Å². The molecule has 0 aliphatic carbocycles. The van der Waals surface area contributed by atoms with Gasteiger partial charge in [-0.3, -0.25) is 0 Å². The van der Waals surface area contributed by atoms with Crippen LogP contribution in [0.4, 0.5) is 5.82 Å². The number of nitrogens with one attached hydrogen (secondary N) is 1. The van der Waals surface area contributed by atoms with Gasteiger partial charge in [0.2, 0.25) is 0 Å². The molecule has 1 heterocycles. The summed E-state index contributed by atoms with van der Waals surface area (Å²) in [6.45, 7) is 0.544. The molecule has 0 aliphatic heterocycles. The molecule has 2 aromatic rings. The Bertz CT molecular complexity index is 715. The number of aliphatic carboxylic acids is 2. The van der Waals surface area contributed by atoms with Crippen molar-refractivity contribution in [2.75, 3.05) is 12.4 Å². The number of hydrogen-bond acceptors (Lipinski definition) is 4. The Morgan fingerprint density at radius 2 is 1.83 bits per heavy atom. The zero-order valence-corrected chi connectivity index (χ0v) is 12.4. The second kappa shape index (κ2) is 7.17. The molecule has 0 fully saturated rings. The number of aromatic nitrogens is 1. The van der Waals surface area contributed by atoms with Gasteiger partial charge >= 0.3 is 11.9 Å². The number of ether oxygens (including phenoxy) is 1. The summed E-state index contributed by atoms with van der Waals surface area (Å²) in [7, 11) is 1.60. The smallest absolute Gasteiger partial charge is 0.344 e. The molecule has 0 radical (unpaired) electrons. The van der Waals surface area contributed by atoms with Gasteiger partial charge in [0.05, 0.1) is 7.11 Å². The van der Waals surface area contributed by atoms with Crippen LogP contribution in [0.3, 0.4) is 0 Å². The SMILES string of the molecule is COc1ccc(Cn2cccc2NC=C(C(=O)O)C(=O)O)cc1. The summed E-state index contributed by atoms with van der Waals surface area (Å²) in [5, 5.41) is 20.4. The highest BCUT2D eigenvalue weighted by Gasteiger charge is 2.15. The molecule has 2 rings (SSSR count). The van der Waals surface area contributed by atoms with Gasteiger partial charge in [0.15, 0.2) is 5.57 Å². The Labute approximate surface area is 132 Å². The molecule has 0 aliphatic rings. The number of hydrogen-bond donors (Lipinski definition) is 3. The number of anilines is 1. The van der Waals surface area contributed by atoms with Crippen LogP contribution in [0.1, 0.15) is 5.56 Å². The van der Waals surface area contributed by atoms with Crippen LogP contribution < -0.4 is 10.1 Å². The predicted octanol–water partition coefficient (Wildman–Crippen LogP) is 2.01. The zero-order valence-electron chi connectivity index (χ0n) is 12.4. The minimum absolute atomic E-state index is 0.544. The Kier molecular flexibility index (Phi) is 5.03. The van der Waals surface area contributed by atoms with Crippen LogP contribution in [0.2, 0.25) is 0 Å². The molecule has 7 nitrogen and oxygen atoms in total. The van der Waals surface area contributed by atoms with Crippen molar-refractivity contribution in [2.45, 2.75) is 6.54 Å². The molecular formula is C16H16N2O5. The molecule has 0 unspecified atom stereocenters. The summed E-state index contributed by atoms with van der Waals surface area (Å²) in [4.78, 5) is 21.7. The molecule has 0 amide bonds. The monoisotopic (exact) mass is 316 g/mol. The highest BCUT2D eigenvalue weighted by Crippen LogP contribution is 2.16. The fraction of sp³-hybridized carbons (Fsp3) is 0.125.